The van der Waals surface area contributed by atoms with E-state index in [9.17, 15) is 21.9 Å². The van der Waals surface area contributed by atoms with Crippen molar-refractivity contribution >= 4 is 37.2 Å². The van der Waals surface area contributed by atoms with Crippen LogP contribution in [0.4, 0.5) is 17.3 Å². The first kappa shape index (κ1) is 28.6. The Hall–Kier alpha value is -3.54. The molecule has 0 aromatic carbocycles. The minimum absolute atomic E-state index is 0.0858. The molecule has 1 aliphatic heterocycles. The minimum atomic E-state index is -3.49. The lowest BCUT2D eigenvalue weighted by molar-refractivity contribution is 0.186. The lowest BCUT2D eigenvalue weighted by Crippen LogP contribution is -2.27. The Labute approximate surface area is 245 Å². The number of rotatable bonds is 8. The quantitative estimate of drug-likeness (QED) is 0.320. The van der Waals surface area contributed by atoms with Crippen LogP contribution < -0.4 is 10.6 Å². The zero-order valence-electron chi connectivity index (χ0n) is 23.0. The molecule has 222 valence electrons. The van der Waals surface area contributed by atoms with Crippen molar-refractivity contribution in [3.8, 4) is 23.2 Å². The summed E-state index contributed by atoms with van der Waals surface area (Å²) in [5, 5.41) is 20.0. The Morgan fingerprint density at radius 1 is 1.05 bits per heavy atom. The molecule has 2 aliphatic carbocycles. The molecule has 4 heterocycles. The second kappa shape index (κ2) is 11.6. The topological polar surface area (TPSA) is 169 Å². The van der Waals surface area contributed by atoms with Crippen LogP contribution in [0.25, 0.3) is 11.4 Å². The first-order valence-corrected chi connectivity index (χ1v) is 17.5. The molecule has 0 amide bonds. The van der Waals surface area contributed by atoms with Gasteiger partial charge in [-0.3, -0.25) is 0 Å². The van der Waals surface area contributed by atoms with Gasteiger partial charge in [-0.1, -0.05) is 11.8 Å². The van der Waals surface area contributed by atoms with Crippen LogP contribution in [0.2, 0.25) is 0 Å². The number of hydrogen-bond acceptors (Lipinski definition) is 11. The van der Waals surface area contributed by atoms with Gasteiger partial charge in [0.1, 0.15) is 11.6 Å². The molecule has 3 aliphatic rings. The second-order valence-corrected chi connectivity index (χ2v) is 15.6. The predicted octanol–water partition coefficient (Wildman–Crippen LogP) is 2.57. The summed E-state index contributed by atoms with van der Waals surface area (Å²) in [6.45, 7) is 0.203. The third kappa shape index (κ3) is 6.58. The molecule has 0 spiro atoms. The van der Waals surface area contributed by atoms with Crippen molar-refractivity contribution in [2.75, 3.05) is 28.7 Å². The molecule has 14 heteroatoms. The van der Waals surface area contributed by atoms with Crippen LogP contribution in [0, 0.1) is 23.7 Å². The van der Waals surface area contributed by atoms with Crippen molar-refractivity contribution in [2.24, 2.45) is 11.8 Å². The summed E-state index contributed by atoms with van der Waals surface area (Å²) in [4.78, 5) is 13.4. The average Bonchev–Trinajstić information content (AvgIpc) is 3.62. The zero-order chi connectivity index (χ0) is 29.3. The van der Waals surface area contributed by atoms with Crippen LogP contribution in [0.3, 0.4) is 0 Å². The maximum absolute atomic E-state index is 12.5. The molecule has 0 radical (unpaired) electrons. The van der Waals surface area contributed by atoms with Crippen molar-refractivity contribution in [1.82, 2.24) is 24.1 Å². The summed E-state index contributed by atoms with van der Waals surface area (Å²) in [6.07, 6.45) is 11.7. The van der Waals surface area contributed by atoms with Gasteiger partial charge in [-0.25, -0.2) is 31.8 Å². The number of hydrogen-bond donors (Lipinski definition) is 3. The molecule has 2 saturated carbocycles. The van der Waals surface area contributed by atoms with E-state index in [-0.39, 0.29) is 35.3 Å². The zero-order valence-corrected chi connectivity index (χ0v) is 24.6. The number of nitrogens with one attached hydrogen (secondary N) is 2. The van der Waals surface area contributed by atoms with Gasteiger partial charge in [-0.2, -0.15) is 9.19 Å². The van der Waals surface area contributed by atoms with E-state index in [0.717, 1.165) is 35.5 Å². The molecule has 0 bridgehead atoms. The van der Waals surface area contributed by atoms with E-state index in [4.69, 9.17) is 0 Å². The van der Waals surface area contributed by atoms with Gasteiger partial charge >= 0.3 is 0 Å². The SMILES string of the molecule is O=S1(=O)CCC(C#Cc2cnc(Nc3ccnc(-c4cnn(S(=O)(=O)C5CC5)c4)n3)cc2NC2CCC(CO)CC2)C1. The van der Waals surface area contributed by atoms with Gasteiger partial charge in [-0.05, 0) is 56.9 Å². The Morgan fingerprint density at radius 3 is 2.57 bits per heavy atom. The van der Waals surface area contributed by atoms with Gasteiger partial charge in [0, 0.05) is 37.0 Å². The summed E-state index contributed by atoms with van der Waals surface area (Å²) in [6, 6.07) is 3.76. The Morgan fingerprint density at radius 2 is 1.86 bits per heavy atom. The summed E-state index contributed by atoms with van der Waals surface area (Å²) in [7, 11) is -6.51. The molecule has 3 aromatic heterocycles. The Bertz CT molecular complexity index is 1730. The number of aliphatic hydroxyl groups is 1. The first-order valence-electron chi connectivity index (χ1n) is 14.2. The summed E-state index contributed by atoms with van der Waals surface area (Å²) in [5.74, 6) is 8.00. The van der Waals surface area contributed by atoms with Crippen molar-refractivity contribution in [3.05, 3.63) is 42.5 Å². The molecular formula is C28H33N7O5S2. The highest BCUT2D eigenvalue weighted by Crippen LogP contribution is 2.31. The van der Waals surface area contributed by atoms with Crippen LogP contribution in [0.15, 0.2) is 36.9 Å². The summed E-state index contributed by atoms with van der Waals surface area (Å²) in [5.41, 5.74) is 1.95. The highest BCUT2D eigenvalue weighted by atomic mass is 32.2. The van der Waals surface area contributed by atoms with Gasteiger partial charge in [0.2, 0.25) is 0 Å². The van der Waals surface area contributed by atoms with Crippen molar-refractivity contribution in [1.29, 1.82) is 0 Å². The molecule has 1 unspecified atom stereocenters. The fraction of sp³-hybridized carbons (Fsp3) is 0.500. The van der Waals surface area contributed by atoms with E-state index in [0.29, 0.717) is 53.8 Å². The lowest BCUT2D eigenvalue weighted by Gasteiger charge is -2.29. The summed E-state index contributed by atoms with van der Waals surface area (Å²) < 4.78 is 49.8. The van der Waals surface area contributed by atoms with E-state index >= 15 is 0 Å². The van der Waals surface area contributed by atoms with Crippen molar-refractivity contribution in [2.45, 2.75) is 56.2 Å². The molecule has 42 heavy (non-hydrogen) atoms. The molecule has 1 saturated heterocycles. The highest BCUT2D eigenvalue weighted by molar-refractivity contribution is 7.91. The number of aliphatic hydroxyl groups excluding tert-OH is 1. The van der Waals surface area contributed by atoms with E-state index < -0.39 is 19.9 Å². The number of anilines is 3. The van der Waals surface area contributed by atoms with E-state index in [2.05, 4.69) is 42.5 Å². The standard InChI is InChI=1S/C28H33N7O5S2/c36-17-19-2-5-23(6-3-19)32-25-13-27(30-14-21(25)4-1-20-10-12-41(37,38)18-20)33-26-9-11-29-28(34-26)22-15-31-35(16-22)42(39,40)24-7-8-24/h9,11,13-16,19-20,23-24,36H,2-3,5-8,10,12,17-18H2,(H2,29,30,32,33,34). The number of sulfone groups is 1. The molecule has 1 atom stereocenters. The van der Waals surface area contributed by atoms with Crippen LogP contribution >= 0.6 is 0 Å². The summed E-state index contributed by atoms with van der Waals surface area (Å²) >= 11 is 0. The molecular weight excluding hydrogens is 578 g/mol. The highest BCUT2D eigenvalue weighted by Gasteiger charge is 2.37. The van der Waals surface area contributed by atoms with Gasteiger partial charge < -0.3 is 15.7 Å². The van der Waals surface area contributed by atoms with Gasteiger partial charge in [0.05, 0.1) is 46.0 Å². The van der Waals surface area contributed by atoms with E-state index in [1.165, 1.54) is 12.4 Å². The monoisotopic (exact) mass is 611 g/mol. The Balaban J connectivity index is 1.22. The maximum atomic E-state index is 12.5. The van der Waals surface area contributed by atoms with Gasteiger partial charge in [0.25, 0.3) is 10.0 Å². The van der Waals surface area contributed by atoms with Crippen LogP contribution in [-0.4, -0.2) is 75.5 Å². The number of aromatic nitrogens is 5. The normalized spacial score (nSPS) is 23.6. The predicted molar refractivity (Wildman–Crippen MR) is 158 cm³/mol. The average molecular weight is 612 g/mol. The third-order valence-corrected chi connectivity index (χ3v) is 11.8. The van der Waals surface area contributed by atoms with Gasteiger partial charge in [-0.15, -0.1) is 0 Å². The maximum Gasteiger partial charge on any atom is 0.256 e. The second-order valence-electron chi connectivity index (χ2n) is 11.3. The van der Waals surface area contributed by atoms with Crippen molar-refractivity contribution in [3.63, 3.8) is 0 Å². The molecule has 3 N–H and O–H groups in total. The van der Waals surface area contributed by atoms with E-state index in [1.807, 2.05) is 6.07 Å². The molecule has 12 nitrogen and oxygen atoms in total. The molecule has 6 rings (SSSR count). The number of nitrogens with zero attached hydrogens (tertiary/aromatic N) is 5. The lowest BCUT2D eigenvalue weighted by atomic mass is 9.86. The van der Waals surface area contributed by atoms with E-state index in [1.54, 1.807) is 18.5 Å². The van der Waals surface area contributed by atoms with Crippen LogP contribution in [-0.2, 0) is 19.9 Å². The van der Waals surface area contributed by atoms with Crippen molar-refractivity contribution < 1.29 is 21.9 Å². The smallest absolute Gasteiger partial charge is 0.256 e. The molecule has 3 fully saturated rings. The fourth-order valence-corrected chi connectivity index (χ4v) is 8.47. The Kier molecular flexibility index (Phi) is 7.91. The first-order chi connectivity index (χ1) is 20.2. The van der Waals surface area contributed by atoms with Crippen LogP contribution in [0.5, 0.6) is 0 Å². The largest absolute Gasteiger partial charge is 0.396 e. The minimum Gasteiger partial charge on any atom is -0.396 e. The fourth-order valence-electron chi connectivity index (χ4n) is 5.32. The van der Waals surface area contributed by atoms with Gasteiger partial charge in [0.15, 0.2) is 15.7 Å². The number of pyridine rings is 1. The molecule has 3 aromatic rings. The third-order valence-electron chi connectivity index (χ3n) is 7.95. The van der Waals surface area contributed by atoms with Crippen LogP contribution in [0.1, 0.15) is 50.5 Å².